The third-order valence-electron chi connectivity index (χ3n) is 3.71. The van der Waals surface area contributed by atoms with Gasteiger partial charge in [-0.25, -0.2) is 4.39 Å². The number of hydrogen-bond acceptors (Lipinski definition) is 5. The molecular formula is C19H24ClFN2O3S. The largest absolute Gasteiger partial charge is 0.493 e. The first-order valence-corrected chi connectivity index (χ1v) is 9.51. The zero-order valence-electron chi connectivity index (χ0n) is 15.5. The highest BCUT2D eigenvalue weighted by molar-refractivity contribution is 7.98. The van der Waals surface area contributed by atoms with Gasteiger partial charge in [-0.2, -0.15) is 11.8 Å². The molecule has 0 bridgehead atoms. The van der Waals surface area contributed by atoms with Crippen LogP contribution in [0.15, 0.2) is 36.4 Å². The fourth-order valence-electron chi connectivity index (χ4n) is 2.25. The summed E-state index contributed by atoms with van der Waals surface area (Å²) in [4.78, 5) is 12.0. The van der Waals surface area contributed by atoms with Crippen molar-refractivity contribution >= 4 is 35.8 Å². The van der Waals surface area contributed by atoms with Crippen LogP contribution in [0.2, 0.25) is 0 Å². The number of anilines is 1. The number of benzene rings is 2. The Morgan fingerprint density at radius 2 is 1.93 bits per heavy atom. The van der Waals surface area contributed by atoms with Crippen molar-refractivity contribution in [2.45, 2.75) is 19.4 Å². The van der Waals surface area contributed by atoms with E-state index in [1.54, 1.807) is 30.0 Å². The fourth-order valence-corrected chi connectivity index (χ4v) is 2.74. The summed E-state index contributed by atoms with van der Waals surface area (Å²) in [5.74, 6) is 0.815. The van der Waals surface area contributed by atoms with Gasteiger partial charge in [0.1, 0.15) is 0 Å². The third kappa shape index (κ3) is 6.61. The van der Waals surface area contributed by atoms with Crippen LogP contribution in [0, 0.1) is 12.7 Å². The maximum Gasteiger partial charge on any atom is 0.241 e. The zero-order valence-corrected chi connectivity index (χ0v) is 17.1. The lowest BCUT2D eigenvalue weighted by atomic mass is 10.2. The van der Waals surface area contributed by atoms with E-state index < -0.39 is 11.9 Å². The van der Waals surface area contributed by atoms with Gasteiger partial charge < -0.3 is 20.5 Å². The van der Waals surface area contributed by atoms with Crippen molar-refractivity contribution in [3.05, 3.63) is 47.8 Å². The molecule has 0 aromatic heterocycles. The standard InChI is InChI=1S/C19H23FN2O3S.ClH/c1-12-4-6-17(18(10-12)24-2)25-16-7-5-13(11-14(16)20)22-19(23)15(21)8-9-26-3;/h4-7,10-11,15H,8-9,21H2,1-3H3,(H,22,23);1H/t15-;/m0./s1. The number of ether oxygens (including phenoxy) is 2. The van der Waals surface area contributed by atoms with Gasteiger partial charge in [0.05, 0.1) is 13.2 Å². The molecule has 2 rings (SSSR count). The van der Waals surface area contributed by atoms with Gasteiger partial charge in [0.25, 0.3) is 0 Å². The maximum absolute atomic E-state index is 14.4. The zero-order chi connectivity index (χ0) is 19.1. The fraction of sp³-hybridized carbons (Fsp3) is 0.316. The van der Waals surface area contributed by atoms with Crippen LogP contribution in [-0.2, 0) is 4.79 Å². The van der Waals surface area contributed by atoms with Crippen LogP contribution in [0.4, 0.5) is 10.1 Å². The Morgan fingerprint density at radius 1 is 1.22 bits per heavy atom. The minimum Gasteiger partial charge on any atom is -0.493 e. The molecule has 0 radical (unpaired) electrons. The topological polar surface area (TPSA) is 73.6 Å². The number of rotatable bonds is 8. The molecule has 8 heteroatoms. The first kappa shape index (κ1) is 23.1. The summed E-state index contributed by atoms with van der Waals surface area (Å²) in [5, 5.41) is 2.62. The molecule has 0 saturated carbocycles. The van der Waals surface area contributed by atoms with Crippen molar-refractivity contribution in [3.8, 4) is 17.2 Å². The summed E-state index contributed by atoms with van der Waals surface area (Å²) in [6, 6.07) is 8.97. The molecule has 0 aliphatic heterocycles. The molecule has 0 fully saturated rings. The molecule has 0 unspecified atom stereocenters. The number of hydrogen-bond donors (Lipinski definition) is 2. The lowest BCUT2D eigenvalue weighted by Gasteiger charge is -2.14. The predicted molar refractivity (Wildman–Crippen MR) is 111 cm³/mol. The Morgan fingerprint density at radius 3 is 2.56 bits per heavy atom. The number of thioether (sulfide) groups is 1. The third-order valence-corrected chi connectivity index (χ3v) is 4.35. The molecule has 0 heterocycles. The first-order chi connectivity index (χ1) is 12.4. The highest BCUT2D eigenvalue weighted by atomic mass is 35.5. The molecule has 0 saturated heterocycles. The van der Waals surface area contributed by atoms with Gasteiger partial charge in [0.2, 0.25) is 5.91 Å². The summed E-state index contributed by atoms with van der Waals surface area (Å²) >= 11 is 1.62. The molecule has 2 aromatic carbocycles. The number of carbonyl (C=O) groups excluding carboxylic acids is 1. The van der Waals surface area contributed by atoms with Crippen molar-refractivity contribution in [2.75, 3.05) is 24.4 Å². The number of carbonyl (C=O) groups is 1. The molecular weight excluding hydrogens is 391 g/mol. The minimum absolute atomic E-state index is 0. The predicted octanol–water partition coefficient (Wildman–Crippen LogP) is 4.38. The van der Waals surface area contributed by atoms with E-state index in [1.807, 2.05) is 19.2 Å². The molecule has 5 nitrogen and oxygen atoms in total. The van der Waals surface area contributed by atoms with Crippen LogP contribution in [0.3, 0.4) is 0 Å². The Labute approximate surface area is 169 Å². The van der Waals surface area contributed by atoms with E-state index in [2.05, 4.69) is 5.32 Å². The summed E-state index contributed by atoms with van der Waals surface area (Å²) in [6.45, 7) is 1.92. The number of methoxy groups -OCH3 is 1. The molecule has 148 valence electrons. The summed E-state index contributed by atoms with van der Waals surface area (Å²) in [7, 11) is 1.52. The SMILES string of the molecule is COc1cc(C)ccc1Oc1ccc(NC(=O)[C@@H](N)CCSC)cc1F.Cl. The Kier molecular flexibility index (Phi) is 9.41. The first-order valence-electron chi connectivity index (χ1n) is 8.12. The molecule has 27 heavy (non-hydrogen) atoms. The molecule has 1 atom stereocenters. The van der Waals surface area contributed by atoms with Crippen molar-refractivity contribution in [3.63, 3.8) is 0 Å². The number of nitrogens with one attached hydrogen (secondary N) is 1. The highest BCUT2D eigenvalue weighted by Crippen LogP contribution is 2.34. The molecule has 0 aliphatic rings. The summed E-state index contributed by atoms with van der Waals surface area (Å²) in [5.41, 5.74) is 7.14. The van der Waals surface area contributed by atoms with E-state index in [4.69, 9.17) is 15.2 Å². The normalized spacial score (nSPS) is 11.3. The van der Waals surface area contributed by atoms with Crippen LogP contribution in [0.25, 0.3) is 0 Å². The van der Waals surface area contributed by atoms with Gasteiger partial charge in [-0.15, -0.1) is 12.4 Å². The second-order valence-electron chi connectivity index (χ2n) is 5.78. The number of amides is 1. The van der Waals surface area contributed by atoms with Crippen molar-refractivity contribution in [1.29, 1.82) is 0 Å². The smallest absolute Gasteiger partial charge is 0.241 e. The van der Waals surface area contributed by atoms with E-state index in [-0.39, 0.29) is 24.1 Å². The maximum atomic E-state index is 14.4. The van der Waals surface area contributed by atoms with Crippen LogP contribution in [0.1, 0.15) is 12.0 Å². The highest BCUT2D eigenvalue weighted by Gasteiger charge is 2.15. The van der Waals surface area contributed by atoms with Gasteiger partial charge in [-0.05, 0) is 55.2 Å². The van der Waals surface area contributed by atoms with Gasteiger partial charge in [-0.3, -0.25) is 4.79 Å². The van der Waals surface area contributed by atoms with E-state index in [1.165, 1.54) is 19.2 Å². The van der Waals surface area contributed by atoms with Crippen LogP contribution < -0.4 is 20.5 Å². The second kappa shape index (κ2) is 11.0. The number of nitrogens with two attached hydrogens (primary N) is 1. The molecule has 2 aromatic rings. The van der Waals surface area contributed by atoms with Crippen LogP contribution in [0.5, 0.6) is 17.2 Å². The van der Waals surface area contributed by atoms with Crippen LogP contribution in [-0.4, -0.2) is 31.1 Å². The van der Waals surface area contributed by atoms with E-state index in [9.17, 15) is 9.18 Å². The Balaban J connectivity index is 0.00000364. The number of halogens is 2. The van der Waals surface area contributed by atoms with Gasteiger partial charge >= 0.3 is 0 Å². The monoisotopic (exact) mass is 414 g/mol. The Hall–Kier alpha value is -1.96. The van der Waals surface area contributed by atoms with Crippen LogP contribution >= 0.6 is 24.2 Å². The van der Waals surface area contributed by atoms with E-state index in [0.29, 0.717) is 23.6 Å². The van der Waals surface area contributed by atoms with Gasteiger partial charge in [0, 0.05) is 11.8 Å². The molecule has 3 N–H and O–H groups in total. The van der Waals surface area contributed by atoms with E-state index in [0.717, 1.165) is 11.3 Å². The lowest BCUT2D eigenvalue weighted by molar-refractivity contribution is -0.117. The molecule has 0 spiro atoms. The number of aryl methyl sites for hydroxylation is 1. The molecule has 1 amide bonds. The summed E-state index contributed by atoms with van der Waals surface area (Å²) < 4.78 is 25.2. The summed E-state index contributed by atoms with van der Waals surface area (Å²) in [6.07, 6.45) is 2.51. The van der Waals surface area contributed by atoms with Crippen molar-refractivity contribution in [1.82, 2.24) is 0 Å². The Bertz CT molecular complexity index is 777. The van der Waals surface area contributed by atoms with Crippen molar-refractivity contribution in [2.24, 2.45) is 5.73 Å². The quantitative estimate of drug-likeness (QED) is 0.670. The van der Waals surface area contributed by atoms with Gasteiger partial charge in [0.15, 0.2) is 23.1 Å². The second-order valence-corrected chi connectivity index (χ2v) is 6.76. The average Bonchev–Trinajstić information content (AvgIpc) is 2.62. The minimum atomic E-state index is -0.627. The lowest BCUT2D eigenvalue weighted by Crippen LogP contribution is -2.36. The average molecular weight is 415 g/mol. The molecule has 0 aliphatic carbocycles. The van der Waals surface area contributed by atoms with E-state index >= 15 is 0 Å². The van der Waals surface area contributed by atoms with Gasteiger partial charge in [-0.1, -0.05) is 6.07 Å². The van der Waals surface area contributed by atoms with Crippen molar-refractivity contribution < 1.29 is 18.7 Å².